The Morgan fingerprint density at radius 1 is 1.62 bits per heavy atom. The van der Waals surface area contributed by atoms with Gasteiger partial charge in [-0.3, -0.25) is 15.8 Å². The monoisotopic (exact) mass is 116 g/mol. The number of imide groups is 1. The van der Waals surface area contributed by atoms with Gasteiger partial charge in [0.2, 0.25) is 6.23 Å². The van der Waals surface area contributed by atoms with Crippen LogP contribution in [0.15, 0.2) is 0 Å². The molecule has 3 N–H and O–H groups in total. The molecule has 5 nitrogen and oxygen atoms in total. The van der Waals surface area contributed by atoms with E-state index in [0.29, 0.717) is 0 Å². The maximum absolute atomic E-state index is 10.2. The average Bonchev–Trinajstić information content (AvgIpc) is 1.85. The van der Waals surface area contributed by atoms with E-state index in [2.05, 4.69) is 4.74 Å². The molecule has 1 heterocycles. The Morgan fingerprint density at radius 3 is 2.38 bits per heavy atom. The van der Waals surface area contributed by atoms with Crippen LogP contribution in [0, 0.1) is 0 Å². The van der Waals surface area contributed by atoms with Crippen molar-refractivity contribution in [3.05, 3.63) is 0 Å². The highest BCUT2D eigenvalue weighted by molar-refractivity contribution is 5.99. The summed E-state index contributed by atoms with van der Waals surface area (Å²) in [5.41, 5.74) is 4.91. The van der Waals surface area contributed by atoms with Crippen LogP contribution in [-0.4, -0.2) is 18.2 Å². The molecule has 8 heavy (non-hydrogen) atoms. The van der Waals surface area contributed by atoms with Gasteiger partial charge in [-0.2, -0.15) is 0 Å². The predicted molar refractivity (Wildman–Crippen MR) is 22.6 cm³/mol. The zero-order chi connectivity index (χ0) is 6.15. The van der Waals surface area contributed by atoms with Crippen LogP contribution >= 0.6 is 0 Å². The lowest BCUT2D eigenvalue weighted by atomic mass is 10.6. The minimum absolute atomic E-state index is 0.588. The Bertz CT molecular complexity index is 143. The fraction of sp³-hybridized carbons (Fsp3) is 0.333. The third-order valence-corrected chi connectivity index (χ3v) is 0.718. The zero-order valence-electron chi connectivity index (χ0n) is 3.88. The molecular weight excluding hydrogens is 112 g/mol. The van der Waals surface area contributed by atoms with Gasteiger partial charge in [-0.25, -0.2) is 4.79 Å². The Hall–Kier alpha value is -1.10. The molecule has 0 aliphatic carbocycles. The minimum atomic E-state index is -1.11. The Labute approximate surface area is 44.8 Å². The molecule has 1 atom stereocenters. The van der Waals surface area contributed by atoms with Gasteiger partial charge in [-0.05, 0) is 0 Å². The number of hydrogen-bond donors (Lipinski definition) is 2. The standard InChI is InChI=1S/C3H4N2O3/c4-1-2(6)5-3(7)8-1/h1H,4H2,(H,5,6,7). The van der Waals surface area contributed by atoms with Crippen molar-refractivity contribution < 1.29 is 14.3 Å². The second kappa shape index (κ2) is 1.45. The van der Waals surface area contributed by atoms with Gasteiger partial charge in [0.1, 0.15) is 0 Å². The lowest BCUT2D eigenvalue weighted by molar-refractivity contribution is -0.123. The Morgan fingerprint density at radius 2 is 2.25 bits per heavy atom. The fourth-order valence-corrected chi connectivity index (χ4v) is 0.370. The van der Waals surface area contributed by atoms with E-state index < -0.39 is 18.2 Å². The number of hydrogen-bond acceptors (Lipinski definition) is 4. The number of nitrogens with one attached hydrogen (secondary N) is 1. The van der Waals surface area contributed by atoms with Gasteiger partial charge in [0.05, 0.1) is 0 Å². The summed E-state index contributed by atoms with van der Waals surface area (Å²) >= 11 is 0. The number of nitrogens with two attached hydrogens (primary N) is 1. The smallest absolute Gasteiger partial charge is 0.416 e. The summed E-state index contributed by atoms with van der Waals surface area (Å²) in [6, 6.07) is 0. The molecule has 1 unspecified atom stereocenters. The van der Waals surface area contributed by atoms with Crippen molar-refractivity contribution >= 4 is 12.0 Å². The van der Waals surface area contributed by atoms with Crippen molar-refractivity contribution in [2.45, 2.75) is 6.23 Å². The molecule has 0 aromatic heterocycles. The SMILES string of the molecule is NC1OC(=O)NC1=O. The summed E-state index contributed by atoms with van der Waals surface area (Å²) in [5.74, 6) is -0.588. The van der Waals surface area contributed by atoms with Crippen LogP contribution < -0.4 is 11.1 Å². The van der Waals surface area contributed by atoms with Crippen LogP contribution in [0.4, 0.5) is 4.79 Å². The van der Waals surface area contributed by atoms with E-state index in [1.807, 2.05) is 5.32 Å². The van der Waals surface area contributed by atoms with Crippen molar-refractivity contribution in [1.82, 2.24) is 5.32 Å². The van der Waals surface area contributed by atoms with Gasteiger partial charge in [0.15, 0.2) is 0 Å². The second-order valence-electron chi connectivity index (χ2n) is 1.32. The molecule has 0 bridgehead atoms. The quantitative estimate of drug-likeness (QED) is 0.405. The molecule has 2 amide bonds. The van der Waals surface area contributed by atoms with Crippen molar-refractivity contribution in [3.63, 3.8) is 0 Å². The van der Waals surface area contributed by atoms with E-state index in [0.717, 1.165) is 0 Å². The lowest BCUT2D eigenvalue weighted by Gasteiger charge is -1.91. The van der Waals surface area contributed by atoms with Gasteiger partial charge in [-0.1, -0.05) is 0 Å². The molecule has 1 aliphatic heterocycles. The predicted octanol–water partition coefficient (Wildman–Crippen LogP) is -1.46. The molecule has 0 aromatic carbocycles. The van der Waals surface area contributed by atoms with Crippen LogP contribution in [-0.2, 0) is 9.53 Å². The highest BCUT2D eigenvalue weighted by Gasteiger charge is 2.27. The molecule has 0 aromatic rings. The number of cyclic esters (lactones) is 1. The van der Waals surface area contributed by atoms with Gasteiger partial charge < -0.3 is 4.74 Å². The molecule has 5 heteroatoms. The molecule has 0 saturated carbocycles. The highest BCUT2D eigenvalue weighted by atomic mass is 16.6. The van der Waals surface area contributed by atoms with Crippen LogP contribution in [0.5, 0.6) is 0 Å². The number of alkyl carbamates (subject to hydrolysis) is 1. The summed E-state index contributed by atoms with van der Waals surface area (Å²) in [6.07, 6.45) is -1.88. The number of carbonyl (C=O) groups is 2. The topological polar surface area (TPSA) is 81.4 Å². The summed E-state index contributed by atoms with van der Waals surface area (Å²) in [7, 11) is 0. The first-order valence-electron chi connectivity index (χ1n) is 1.97. The van der Waals surface area contributed by atoms with Crippen LogP contribution in [0.2, 0.25) is 0 Å². The maximum Gasteiger partial charge on any atom is 0.416 e. The van der Waals surface area contributed by atoms with Crippen LogP contribution in [0.25, 0.3) is 0 Å². The van der Waals surface area contributed by atoms with Crippen molar-refractivity contribution in [3.8, 4) is 0 Å². The van der Waals surface area contributed by atoms with E-state index in [1.165, 1.54) is 0 Å². The second-order valence-corrected chi connectivity index (χ2v) is 1.32. The van der Waals surface area contributed by atoms with Gasteiger partial charge in [-0.15, -0.1) is 0 Å². The number of amides is 2. The molecule has 1 fully saturated rings. The van der Waals surface area contributed by atoms with Crippen molar-refractivity contribution in [1.29, 1.82) is 0 Å². The minimum Gasteiger partial charge on any atom is -0.421 e. The normalized spacial score (nSPS) is 27.4. The first-order chi connectivity index (χ1) is 3.70. The third-order valence-electron chi connectivity index (χ3n) is 0.718. The molecule has 1 aliphatic rings. The maximum atomic E-state index is 10.2. The van der Waals surface area contributed by atoms with E-state index in [1.54, 1.807) is 0 Å². The number of ether oxygens (including phenoxy) is 1. The van der Waals surface area contributed by atoms with Gasteiger partial charge >= 0.3 is 6.09 Å². The van der Waals surface area contributed by atoms with E-state index in [4.69, 9.17) is 5.73 Å². The van der Waals surface area contributed by atoms with Gasteiger partial charge in [0.25, 0.3) is 5.91 Å². The van der Waals surface area contributed by atoms with Gasteiger partial charge in [0, 0.05) is 0 Å². The summed E-state index contributed by atoms with van der Waals surface area (Å²) in [5, 5.41) is 1.84. The molecule has 1 saturated heterocycles. The van der Waals surface area contributed by atoms with E-state index in [-0.39, 0.29) is 0 Å². The van der Waals surface area contributed by atoms with Crippen LogP contribution in [0.3, 0.4) is 0 Å². The third kappa shape index (κ3) is 0.627. The summed E-state index contributed by atoms with van der Waals surface area (Å²) in [4.78, 5) is 20.2. The zero-order valence-corrected chi connectivity index (χ0v) is 3.88. The highest BCUT2D eigenvalue weighted by Crippen LogP contribution is 1.92. The lowest BCUT2D eigenvalue weighted by Crippen LogP contribution is -2.30. The Balaban J connectivity index is 2.64. The molecular formula is C3H4N2O3. The van der Waals surface area contributed by atoms with E-state index in [9.17, 15) is 9.59 Å². The number of rotatable bonds is 0. The van der Waals surface area contributed by atoms with Crippen molar-refractivity contribution in [2.75, 3.05) is 0 Å². The van der Waals surface area contributed by atoms with Crippen LogP contribution in [0.1, 0.15) is 0 Å². The molecule has 1 rings (SSSR count). The largest absolute Gasteiger partial charge is 0.421 e. The average molecular weight is 116 g/mol. The Kier molecular flexibility index (Phi) is 0.911. The first kappa shape index (κ1) is 5.04. The van der Waals surface area contributed by atoms with Crippen molar-refractivity contribution in [2.24, 2.45) is 5.73 Å². The van der Waals surface area contributed by atoms with E-state index >= 15 is 0 Å². The summed E-state index contributed by atoms with van der Waals surface area (Å²) < 4.78 is 4.15. The summed E-state index contributed by atoms with van der Waals surface area (Å²) in [6.45, 7) is 0. The fourth-order valence-electron chi connectivity index (χ4n) is 0.370. The molecule has 44 valence electrons. The first-order valence-corrected chi connectivity index (χ1v) is 1.97. The molecule has 0 radical (unpaired) electrons. The number of carbonyl (C=O) groups excluding carboxylic acids is 2. The molecule has 0 spiro atoms.